The van der Waals surface area contributed by atoms with E-state index in [-0.39, 0.29) is 59.0 Å². The van der Waals surface area contributed by atoms with Crippen molar-refractivity contribution < 1.29 is 49.0 Å². The number of rotatable bonds is 10. The summed E-state index contributed by atoms with van der Waals surface area (Å²) >= 11 is 0. The quantitative estimate of drug-likeness (QED) is 0.0715. The summed E-state index contributed by atoms with van der Waals surface area (Å²) in [4.78, 5) is 60.5. The van der Waals surface area contributed by atoms with E-state index in [9.17, 15) is 39.6 Å². The Kier molecular flexibility index (Phi) is 12.1. The Morgan fingerprint density at radius 1 is 0.722 bits per heavy atom. The van der Waals surface area contributed by atoms with Crippen molar-refractivity contribution in [3.63, 3.8) is 0 Å². The van der Waals surface area contributed by atoms with Crippen LogP contribution >= 0.6 is 0 Å². The van der Waals surface area contributed by atoms with E-state index in [0.29, 0.717) is 0 Å². The van der Waals surface area contributed by atoms with E-state index in [1.54, 1.807) is 27.7 Å². The second-order valence-electron chi connectivity index (χ2n) is 13.7. The number of aliphatic hydroxyl groups is 4. The van der Waals surface area contributed by atoms with Gasteiger partial charge in [0.05, 0.1) is 10.8 Å². The lowest BCUT2D eigenvalue weighted by Gasteiger charge is -2.18. The first-order valence-electron chi connectivity index (χ1n) is 17.0. The molecule has 6 heterocycles. The van der Waals surface area contributed by atoms with Crippen LogP contribution in [-0.4, -0.2) is 123 Å². The SMILES string of the molecule is CC(C)[C@H](N)C(=O)OC[C@H]1O[C@@H](n2ccc3c(=O)[nH]c(N)nc32)[C@H](O)[C@@H]1O.CC(C)[C@H](N)C(=O)OC[C@H]1O[C@@H](n2ccc3c(=O)[nH]c(N)nc32)[C@H](O)[C@@H]1O. The molecule has 0 unspecified atom stereocenters. The highest BCUT2D eigenvalue weighted by atomic mass is 16.6. The van der Waals surface area contributed by atoms with Gasteiger partial charge in [-0.25, -0.2) is 0 Å². The number of esters is 2. The van der Waals surface area contributed by atoms with Gasteiger partial charge in [0.15, 0.2) is 23.8 Å². The number of H-pyrrole nitrogens is 2. The molecule has 2 fully saturated rings. The predicted octanol–water partition coefficient (Wildman–Crippen LogP) is -3.09. The molecule has 0 bridgehead atoms. The molecule has 2 aliphatic rings. The van der Waals surface area contributed by atoms with Gasteiger partial charge in [-0.15, -0.1) is 0 Å². The van der Waals surface area contributed by atoms with Gasteiger partial charge >= 0.3 is 11.9 Å². The van der Waals surface area contributed by atoms with Gasteiger partial charge in [-0.05, 0) is 24.0 Å². The summed E-state index contributed by atoms with van der Waals surface area (Å²) in [5, 5.41) is 41.7. The Labute approximate surface area is 305 Å². The fraction of sp³-hybridized carbons (Fsp3) is 0.562. The third-order valence-corrected chi connectivity index (χ3v) is 9.18. The molecule has 0 saturated carbocycles. The van der Waals surface area contributed by atoms with Crippen LogP contribution in [0.4, 0.5) is 11.9 Å². The molecule has 4 aromatic heterocycles. The van der Waals surface area contributed by atoms with Crippen molar-refractivity contribution in [3.8, 4) is 0 Å². The summed E-state index contributed by atoms with van der Waals surface area (Å²) in [6, 6.07) is 1.41. The van der Waals surface area contributed by atoms with E-state index in [1.165, 1.54) is 33.7 Å². The van der Waals surface area contributed by atoms with E-state index >= 15 is 0 Å². The van der Waals surface area contributed by atoms with Crippen LogP contribution < -0.4 is 34.1 Å². The number of ether oxygens (including phenoxy) is 4. The number of fused-ring (bicyclic) bond motifs is 2. The van der Waals surface area contributed by atoms with Crippen molar-refractivity contribution in [2.24, 2.45) is 23.3 Å². The third kappa shape index (κ3) is 8.09. The van der Waals surface area contributed by atoms with Crippen LogP contribution in [0.3, 0.4) is 0 Å². The van der Waals surface area contributed by atoms with Gasteiger partial charge in [-0.3, -0.25) is 29.1 Å². The molecule has 54 heavy (non-hydrogen) atoms. The van der Waals surface area contributed by atoms with Crippen LogP contribution in [0.1, 0.15) is 40.2 Å². The van der Waals surface area contributed by atoms with Crippen LogP contribution in [0, 0.1) is 11.8 Å². The monoisotopic (exact) mass is 762 g/mol. The maximum atomic E-state index is 11.9. The van der Waals surface area contributed by atoms with Gasteiger partial charge in [0.25, 0.3) is 11.1 Å². The maximum Gasteiger partial charge on any atom is 0.323 e. The molecule has 2 saturated heterocycles. The predicted molar refractivity (Wildman–Crippen MR) is 189 cm³/mol. The zero-order chi connectivity index (χ0) is 39.8. The number of aromatic nitrogens is 6. The van der Waals surface area contributed by atoms with E-state index in [0.717, 1.165) is 0 Å². The summed E-state index contributed by atoms with van der Waals surface area (Å²) in [5.41, 5.74) is 22.1. The second-order valence-corrected chi connectivity index (χ2v) is 13.7. The molecule has 0 amide bonds. The lowest BCUT2D eigenvalue weighted by atomic mass is 10.1. The van der Waals surface area contributed by atoms with E-state index in [4.69, 9.17) is 41.9 Å². The molecular formula is C32H46N10O12. The van der Waals surface area contributed by atoms with Gasteiger partial charge in [-0.1, -0.05) is 27.7 Å². The van der Waals surface area contributed by atoms with Gasteiger partial charge in [0, 0.05) is 12.4 Å². The smallest absolute Gasteiger partial charge is 0.323 e. The average Bonchev–Trinajstić information content (AvgIpc) is 3.87. The second kappa shape index (κ2) is 16.2. The Balaban J connectivity index is 0.000000208. The van der Waals surface area contributed by atoms with Gasteiger partial charge in [-0.2, -0.15) is 9.97 Å². The van der Waals surface area contributed by atoms with Crippen molar-refractivity contribution >= 4 is 45.9 Å². The number of carbonyl (C=O) groups is 2. The Bertz CT molecular complexity index is 1930. The van der Waals surface area contributed by atoms with Crippen molar-refractivity contribution in [2.75, 3.05) is 24.7 Å². The average molecular weight is 763 g/mol. The van der Waals surface area contributed by atoms with Crippen LogP contribution in [0.5, 0.6) is 0 Å². The Hall–Kier alpha value is -4.94. The molecule has 22 heteroatoms. The number of nitrogen functional groups attached to an aromatic ring is 2. The minimum Gasteiger partial charge on any atom is -0.462 e. The van der Waals surface area contributed by atoms with E-state index < -0.39 is 84.2 Å². The van der Waals surface area contributed by atoms with Crippen molar-refractivity contribution in [2.45, 2.75) is 88.9 Å². The van der Waals surface area contributed by atoms with Gasteiger partial charge in [0.2, 0.25) is 11.9 Å². The normalized spacial score (nSPS) is 26.6. The summed E-state index contributed by atoms with van der Waals surface area (Å²) in [5.74, 6) is -1.63. The molecule has 10 atom stereocenters. The molecule has 14 N–H and O–H groups in total. The van der Waals surface area contributed by atoms with Gasteiger partial charge in [0.1, 0.15) is 61.9 Å². The van der Waals surface area contributed by atoms with Crippen LogP contribution in [0.15, 0.2) is 34.1 Å². The molecule has 0 aromatic carbocycles. The Morgan fingerprint density at radius 2 is 1.07 bits per heavy atom. The standard InChI is InChI=1S/2C16H23N5O6/c2*1-6(2)9(17)15(25)26-5-8-10(22)11(23)14(27-8)21-4-3-7-12(21)19-16(18)20-13(7)24/h2*3-4,6,8-11,14,22-23H,5,17H2,1-2H3,(H3,18,19,20,24)/t2*8-,9+,10-,11-,14-/m11/s1. The number of aliphatic hydroxyl groups excluding tert-OH is 4. The molecule has 296 valence electrons. The molecule has 0 spiro atoms. The number of nitrogens with one attached hydrogen (secondary N) is 2. The molecule has 0 radical (unpaired) electrons. The summed E-state index contributed by atoms with van der Waals surface area (Å²) in [6.07, 6.45) is -6.29. The number of aromatic amines is 2. The molecule has 0 aliphatic carbocycles. The zero-order valence-electron chi connectivity index (χ0n) is 29.8. The number of anilines is 2. The number of nitrogens with two attached hydrogens (primary N) is 4. The topological polar surface area (TPSA) is 357 Å². The van der Waals surface area contributed by atoms with Crippen molar-refractivity contribution in [3.05, 3.63) is 45.2 Å². The number of carbonyl (C=O) groups excluding carboxylic acids is 2. The van der Waals surface area contributed by atoms with Crippen LogP contribution in [-0.2, 0) is 28.5 Å². The zero-order valence-corrected chi connectivity index (χ0v) is 29.8. The minimum atomic E-state index is -1.33. The molecular weight excluding hydrogens is 716 g/mol. The summed E-state index contributed by atoms with van der Waals surface area (Å²) in [6.45, 7) is 6.58. The third-order valence-electron chi connectivity index (χ3n) is 9.18. The minimum absolute atomic E-state index is 0.0892. The highest BCUT2D eigenvalue weighted by Crippen LogP contribution is 2.33. The lowest BCUT2D eigenvalue weighted by Crippen LogP contribution is -2.40. The molecule has 4 aromatic rings. The highest BCUT2D eigenvalue weighted by Gasteiger charge is 2.46. The summed E-state index contributed by atoms with van der Waals surface area (Å²) in [7, 11) is 0. The molecule has 6 rings (SSSR count). The largest absolute Gasteiger partial charge is 0.462 e. The lowest BCUT2D eigenvalue weighted by molar-refractivity contribution is -0.153. The fourth-order valence-electron chi connectivity index (χ4n) is 5.79. The molecule has 2 aliphatic heterocycles. The van der Waals surface area contributed by atoms with Gasteiger partial charge < -0.3 is 71.4 Å². The van der Waals surface area contributed by atoms with E-state index in [2.05, 4.69) is 19.9 Å². The fourth-order valence-corrected chi connectivity index (χ4v) is 5.79. The molecule has 22 nitrogen and oxygen atoms in total. The maximum absolute atomic E-state index is 11.9. The van der Waals surface area contributed by atoms with Crippen molar-refractivity contribution in [1.29, 1.82) is 0 Å². The first kappa shape index (κ1) is 40.2. The summed E-state index contributed by atoms with van der Waals surface area (Å²) < 4.78 is 24.3. The van der Waals surface area contributed by atoms with Crippen LogP contribution in [0.25, 0.3) is 22.1 Å². The number of hydrogen-bond donors (Lipinski definition) is 10. The van der Waals surface area contributed by atoms with Crippen LogP contribution in [0.2, 0.25) is 0 Å². The highest BCUT2D eigenvalue weighted by molar-refractivity contribution is 5.77. The first-order chi connectivity index (χ1) is 25.4. The van der Waals surface area contributed by atoms with Crippen molar-refractivity contribution in [1.82, 2.24) is 29.1 Å². The van der Waals surface area contributed by atoms with E-state index in [1.807, 2.05) is 0 Å². The number of hydrogen-bond acceptors (Lipinski definition) is 18. The number of nitrogens with zero attached hydrogens (tertiary/aromatic N) is 4. The first-order valence-corrected chi connectivity index (χ1v) is 17.0. The Morgan fingerprint density at radius 3 is 1.41 bits per heavy atom.